The van der Waals surface area contributed by atoms with Gasteiger partial charge in [-0.1, -0.05) is 59.6 Å². The Kier molecular flexibility index (Phi) is 9.17. The number of fused-ring (bicyclic) bond motifs is 1. The summed E-state index contributed by atoms with van der Waals surface area (Å²) in [5.74, 6) is 1.14. The van der Waals surface area contributed by atoms with E-state index in [1.54, 1.807) is 13.2 Å². The number of halogens is 2. The Balaban J connectivity index is 1.09. The summed E-state index contributed by atoms with van der Waals surface area (Å²) in [6.45, 7) is 5.46. The van der Waals surface area contributed by atoms with Crippen molar-refractivity contribution in [3.05, 3.63) is 81.4 Å². The number of hydrogen-bond donors (Lipinski definition) is 1. The highest BCUT2D eigenvalue weighted by molar-refractivity contribution is 6.39. The van der Waals surface area contributed by atoms with Gasteiger partial charge in [0, 0.05) is 93.1 Å². The van der Waals surface area contributed by atoms with Gasteiger partial charge < -0.3 is 24.4 Å². The van der Waals surface area contributed by atoms with E-state index in [0.717, 1.165) is 74.5 Å². The van der Waals surface area contributed by atoms with Crippen LogP contribution in [0.4, 0.5) is 5.69 Å². The molecule has 1 saturated carbocycles. The van der Waals surface area contributed by atoms with E-state index in [4.69, 9.17) is 32.9 Å². The van der Waals surface area contributed by atoms with Gasteiger partial charge in [-0.3, -0.25) is 14.5 Å². The first kappa shape index (κ1) is 32.6. The van der Waals surface area contributed by atoms with Gasteiger partial charge in [-0.25, -0.2) is 9.97 Å². The molecule has 10 nitrogen and oxygen atoms in total. The molecule has 48 heavy (non-hydrogen) atoms. The first-order valence-corrected chi connectivity index (χ1v) is 17.1. The highest BCUT2D eigenvalue weighted by Gasteiger charge is 2.34. The zero-order valence-electron chi connectivity index (χ0n) is 27.4. The molecule has 0 spiro atoms. The molecule has 250 valence electrons. The average molecular weight is 689 g/mol. The molecule has 2 fully saturated rings. The Morgan fingerprint density at radius 3 is 2.33 bits per heavy atom. The predicted molar refractivity (Wildman–Crippen MR) is 187 cm³/mol. The number of likely N-dealkylation sites (N-methyl/N-ethyl adjacent to an activating group) is 1. The van der Waals surface area contributed by atoms with Gasteiger partial charge in [0.2, 0.25) is 11.8 Å². The van der Waals surface area contributed by atoms with Gasteiger partial charge in [0.15, 0.2) is 5.82 Å². The monoisotopic (exact) mass is 687 g/mol. The Morgan fingerprint density at radius 1 is 0.896 bits per heavy atom. The number of ether oxygens (including phenoxy) is 1. The van der Waals surface area contributed by atoms with Gasteiger partial charge in [-0.15, -0.1) is 0 Å². The van der Waals surface area contributed by atoms with Gasteiger partial charge >= 0.3 is 0 Å². The summed E-state index contributed by atoms with van der Waals surface area (Å²) in [6, 6.07) is 15.2. The van der Waals surface area contributed by atoms with Crippen molar-refractivity contribution in [2.45, 2.75) is 32.4 Å². The van der Waals surface area contributed by atoms with Gasteiger partial charge in [0.1, 0.15) is 0 Å². The average Bonchev–Trinajstić information content (AvgIpc) is 3.89. The number of amides is 2. The largest absolute Gasteiger partial charge is 0.481 e. The van der Waals surface area contributed by atoms with E-state index in [2.05, 4.69) is 27.1 Å². The Hall–Kier alpha value is -3.96. The van der Waals surface area contributed by atoms with Crippen molar-refractivity contribution in [3.63, 3.8) is 0 Å². The highest BCUT2D eigenvalue weighted by Crippen LogP contribution is 2.41. The molecule has 1 aliphatic carbocycles. The van der Waals surface area contributed by atoms with Gasteiger partial charge in [-0.05, 0) is 32.0 Å². The molecule has 12 heteroatoms. The van der Waals surface area contributed by atoms with Crippen LogP contribution in [0.25, 0.3) is 22.4 Å². The number of carbonyl (C=O) groups is 2. The molecule has 3 aliphatic rings. The SMILES string of the molecule is COc1nc(-c2cccc(-c3cccc(NC(=O)c4nc5c(n4C)CCN(C)C5)c3Cl)c2Cl)ccc1CN1CCN(C(=O)C2CC2)CC1. The molecule has 2 aliphatic heterocycles. The zero-order chi connectivity index (χ0) is 33.5. The Labute approximate surface area is 290 Å². The number of carbonyl (C=O) groups excluding carboxylic acids is 2. The van der Waals surface area contributed by atoms with E-state index < -0.39 is 0 Å². The van der Waals surface area contributed by atoms with E-state index >= 15 is 0 Å². The van der Waals surface area contributed by atoms with Crippen molar-refractivity contribution >= 4 is 40.7 Å². The van der Waals surface area contributed by atoms with E-state index in [0.29, 0.717) is 63.3 Å². The summed E-state index contributed by atoms with van der Waals surface area (Å²) in [5, 5.41) is 3.84. The predicted octanol–water partition coefficient (Wildman–Crippen LogP) is 5.76. The fourth-order valence-electron chi connectivity index (χ4n) is 6.69. The molecule has 4 heterocycles. The van der Waals surface area contributed by atoms with Crippen LogP contribution in [0.3, 0.4) is 0 Å². The third kappa shape index (κ3) is 6.42. The third-order valence-electron chi connectivity index (χ3n) is 9.60. The molecule has 0 bridgehead atoms. The number of aromatic nitrogens is 3. The molecular weight excluding hydrogens is 649 g/mol. The first-order valence-electron chi connectivity index (χ1n) is 16.4. The molecule has 4 aromatic rings. The molecule has 0 unspecified atom stereocenters. The maximum Gasteiger partial charge on any atom is 0.291 e. The summed E-state index contributed by atoms with van der Waals surface area (Å²) in [6.07, 6.45) is 2.91. The summed E-state index contributed by atoms with van der Waals surface area (Å²) in [5.41, 5.74) is 6.27. The smallest absolute Gasteiger partial charge is 0.291 e. The molecule has 2 amide bonds. The van der Waals surface area contributed by atoms with E-state index in [1.807, 2.05) is 59.0 Å². The fourth-order valence-corrected chi connectivity index (χ4v) is 7.29. The number of hydrogen-bond acceptors (Lipinski definition) is 7. The van der Waals surface area contributed by atoms with Crippen LogP contribution >= 0.6 is 23.2 Å². The molecule has 0 atom stereocenters. The number of nitrogens with one attached hydrogen (secondary N) is 1. The number of benzene rings is 2. The second kappa shape index (κ2) is 13.5. The molecule has 7 rings (SSSR count). The lowest BCUT2D eigenvalue weighted by Gasteiger charge is -2.35. The van der Waals surface area contributed by atoms with E-state index in [9.17, 15) is 9.59 Å². The number of pyridine rings is 1. The quantitative estimate of drug-likeness (QED) is 0.252. The van der Waals surface area contributed by atoms with Gasteiger partial charge in [0.25, 0.3) is 5.91 Å². The van der Waals surface area contributed by atoms with E-state index in [-0.39, 0.29) is 11.8 Å². The minimum Gasteiger partial charge on any atom is -0.481 e. The summed E-state index contributed by atoms with van der Waals surface area (Å²) in [7, 11) is 5.55. The lowest BCUT2D eigenvalue weighted by atomic mass is 10.00. The minimum absolute atomic E-state index is 0.254. The van der Waals surface area contributed by atoms with Crippen LogP contribution in [0, 0.1) is 5.92 Å². The van der Waals surface area contributed by atoms with Crippen LogP contribution < -0.4 is 10.1 Å². The Bertz CT molecular complexity index is 1880. The maximum atomic E-state index is 13.4. The van der Waals surface area contributed by atoms with Crippen LogP contribution in [0.1, 0.15) is 40.4 Å². The van der Waals surface area contributed by atoms with Crippen molar-refractivity contribution < 1.29 is 14.3 Å². The van der Waals surface area contributed by atoms with Crippen LogP contribution in [0.15, 0.2) is 48.5 Å². The molecular formula is C36H39Cl2N7O3. The van der Waals surface area contributed by atoms with Crippen molar-refractivity contribution in [2.75, 3.05) is 52.2 Å². The second-order valence-corrected chi connectivity index (χ2v) is 13.7. The normalized spacial score (nSPS) is 16.9. The zero-order valence-corrected chi connectivity index (χ0v) is 28.9. The molecule has 2 aromatic carbocycles. The standard InChI is InChI=1S/C36H39Cl2N7O3/c1-42-15-14-30-29(21-42)39-33(43(30)2)34(46)40-28-9-5-7-25(32(28)38)24-6-4-8-26(31(24)37)27-13-12-23(35(41-27)48-3)20-44-16-18-45(19-17-44)36(47)22-10-11-22/h4-9,12-13,22H,10-11,14-21H2,1-3H3,(H,40,46). The van der Waals surface area contributed by atoms with Crippen LogP contribution in [0.2, 0.25) is 10.0 Å². The van der Waals surface area contributed by atoms with Crippen LogP contribution in [-0.2, 0) is 31.4 Å². The number of rotatable bonds is 8. The van der Waals surface area contributed by atoms with Gasteiger partial charge in [-0.2, -0.15) is 0 Å². The number of nitrogens with zero attached hydrogens (tertiary/aromatic N) is 6. The van der Waals surface area contributed by atoms with E-state index in [1.165, 1.54) is 0 Å². The number of imidazole rings is 1. The Morgan fingerprint density at radius 2 is 1.60 bits per heavy atom. The van der Waals surface area contributed by atoms with Crippen LogP contribution in [-0.4, -0.2) is 87.9 Å². The molecule has 0 radical (unpaired) electrons. The first-order chi connectivity index (χ1) is 23.2. The van der Waals surface area contributed by atoms with Crippen molar-refractivity contribution in [1.82, 2.24) is 29.2 Å². The van der Waals surface area contributed by atoms with Crippen molar-refractivity contribution in [2.24, 2.45) is 13.0 Å². The summed E-state index contributed by atoms with van der Waals surface area (Å²) < 4.78 is 7.61. The topological polar surface area (TPSA) is 95.8 Å². The highest BCUT2D eigenvalue weighted by atomic mass is 35.5. The maximum absolute atomic E-state index is 13.4. The molecule has 1 saturated heterocycles. The minimum atomic E-state index is -0.321. The molecule has 2 aromatic heterocycles. The summed E-state index contributed by atoms with van der Waals surface area (Å²) in [4.78, 5) is 41.9. The number of methoxy groups -OCH3 is 1. The van der Waals surface area contributed by atoms with Gasteiger partial charge in [0.05, 0.1) is 34.2 Å². The van der Waals surface area contributed by atoms with Crippen molar-refractivity contribution in [3.8, 4) is 28.3 Å². The molecule has 1 N–H and O–H groups in total. The second-order valence-electron chi connectivity index (χ2n) is 12.9. The lowest BCUT2D eigenvalue weighted by molar-refractivity contribution is -0.134. The number of anilines is 1. The lowest BCUT2D eigenvalue weighted by Crippen LogP contribution is -2.48. The van der Waals surface area contributed by atoms with Crippen molar-refractivity contribution in [1.29, 1.82) is 0 Å². The fraction of sp³-hybridized carbons (Fsp3) is 0.389. The van der Waals surface area contributed by atoms with Crippen LogP contribution in [0.5, 0.6) is 5.88 Å². The third-order valence-corrected chi connectivity index (χ3v) is 10.4. The summed E-state index contributed by atoms with van der Waals surface area (Å²) >= 11 is 14.0. The number of piperazine rings is 1.